The zero-order valence-corrected chi connectivity index (χ0v) is 10.7. The molecule has 0 aromatic carbocycles. The molecule has 0 amide bonds. The van der Waals surface area contributed by atoms with Crippen LogP contribution in [0.25, 0.3) is 0 Å². The zero-order valence-electron chi connectivity index (χ0n) is 10.7. The molecule has 0 aromatic rings. The van der Waals surface area contributed by atoms with E-state index in [1.165, 1.54) is 38.8 Å². The van der Waals surface area contributed by atoms with Crippen molar-refractivity contribution >= 4 is 0 Å². The molecule has 98 valence electrons. The predicted molar refractivity (Wildman–Crippen MR) is 68.0 cm³/mol. The normalized spacial score (nSPS) is 40.4. The summed E-state index contributed by atoms with van der Waals surface area (Å²) in [6, 6.07) is 1.59. The summed E-state index contributed by atoms with van der Waals surface area (Å²) in [5, 5.41) is 0. The number of rotatable bonds is 2. The second kappa shape index (κ2) is 5.22. The van der Waals surface area contributed by atoms with Gasteiger partial charge in [-0.1, -0.05) is 6.42 Å². The zero-order chi connectivity index (χ0) is 11.7. The van der Waals surface area contributed by atoms with Crippen molar-refractivity contribution < 1.29 is 4.74 Å². The van der Waals surface area contributed by atoms with Gasteiger partial charge in [-0.3, -0.25) is 9.80 Å². The Kier molecular flexibility index (Phi) is 3.66. The molecule has 0 saturated carbocycles. The Morgan fingerprint density at radius 2 is 1.88 bits per heavy atom. The third kappa shape index (κ3) is 2.36. The van der Waals surface area contributed by atoms with E-state index in [1.54, 1.807) is 0 Å². The summed E-state index contributed by atoms with van der Waals surface area (Å²) in [6.07, 6.45) is 5.83. The Balaban J connectivity index is 1.63. The highest BCUT2D eigenvalue weighted by Gasteiger charge is 2.39. The first kappa shape index (κ1) is 11.9. The van der Waals surface area contributed by atoms with Crippen LogP contribution in [0.4, 0.5) is 0 Å². The van der Waals surface area contributed by atoms with Gasteiger partial charge in [0.05, 0.1) is 12.7 Å². The molecule has 0 spiro atoms. The van der Waals surface area contributed by atoms with Crippen LogP contribution in [-0.2, 0) is 4.74 Å². The van der Waals surface area contributed by atoms with Gasteiger partial charge in [0.15, 0.2) is 0 Å². The van der Waals surface area contributed by atoms with Gasteiger partial charge in [0.1, 0.15) is 0 Å². The van der Waals surface area contributed by atoms with Crippen LogP contribution in [0.1, 0.15) is 25.7 Å². The lowest BCUT2D eigenvalue weighted by Crippen LogP contribution is -2.54. The van der Waals surface area contributed by atoms with Gasteiger partial charge in [-0.15, -0.1) is 0 Å². The van der Waals surface area contributed by atoms with Gasteiger partial charge in [0.25, 0.3) is 0 Å². The fourth-order valence-electron chi connectivity index (χ4n) is 3.83. The lowest BCUT2D eigenvalue weighted by atomic mass is 9.97. The SMILES string of the molecule is NCC1CN(C2CCN3CCCCC23)CCO1. The fraction of sp³-hybridized carbons (Fsp3) is 1.00. The van der Waals surface area contributed by atoms with Gasteiger partial charge in [0, 0.05) is 38.3 Å². The van der Waals surface area contributed by atoms with Crippen molar-refractivity contribution in [3.63, 3.8) is 0 Å². The largest absolute Gasteiger partial charge is 0.374 e. The molecule has 17 heavy (non-hydrogen) atoms. The molecular weight excluding hydrogens is 214 g/mol. The van der Waals surface area contributed by atoms with Crippen LogP contribution in [0.3, 0.4) is 0 Å². The van der Waals surface area contributed by atoms with E-state index in [-0.39, 0.29) is 6.10 Å². The van der Waals surface area contributed by atoms with Crippen LogP contribution >= 0.6 is 0 Å². The molecule has 2 N–H and O–H groups in total. The van der Waals surface area contributed by atoms with Crippen molar-refractivity contribution in [2.45, 2.75) is 43.9 Å². The van der Waals surface area contributed by atoms with Crippen LogP contribution < -0.4 is 5.73 Å². The number of piperidine rings is 1. The molecule has 3 rings (SSSR count). The smallest absolute Gasteiger partial charge is 0.0824 e. The van der Waals surface area contributed by atoms with Crippen LogP contribution in [0.15, 0.2) is 0 Å². The van der Waals surface area contributed by atoms with E-state index in [9.17, 15) is 0 Å². The number of nitrogens with two attached hydrogens (primary N) is 1. The standard InChI is InChI=1S/C13H25N3O/c14-9-11-10-16(7-8-17-11)13-4-6-15-5-2-1-3-12(13)15/h11-13H,1-10,14H2. The van der Waals surface area contributed by atoms with Crippen molar-refractivity contribution in [3.8, 4) is 0 Å². The van der Waals surface area contributed by atoms with E-state index in [4.69, 9.17) is 10.5 Å². The molecule has 0 aliphatic carbocycles. The summed E-state index contributed by atoms with van der Waals surface area (Å²) >= 11 is 0. The molecule has 3 unspecified atom stereocenters. The van der Waals surface area contributed by atoms with Crippen LogP contribution in [0.5, 0.6) is 0 Å². The highest BCUT2D eigenvalue weighted by Crippen LogP contribution is 2.31. The van der Waals surface area contributed by atoms with Gasteiger partial charge >= 0.3 is 0 Å². The first-order chi connectivity index (χ1) is 8.38. The minimum absolute atomic E-state index is 0.265. The second-order valence-electron chi connectivity index (χ2n) is 5.68. The lowest BCUT2D eigenvalue weighted by molar-refractivity contribution is -0.0449. The van der Waals surface area contributed by atoms with E-state index in [0.29, 0.717) is 6.54 Å². The summed E-state index contributed by atoms with van der Waals surface area (Å²) in [5.74, 6) is 0. The molecule has 4 nitrogen and oxygen atoms in total. The van der Waals surface area contributed by atoms with E-state index < -0.39 is 0 Å². The van der Waals surface area contributed by atoms with Crippen molar-refractivity contribution in [2.24, 2.45) is 5.73 Å². The number of hydrogen-bond acceptors (Lipinski definition) is 4. The maximum absolute atomic E-state index is 5.73. The molecule has 3 aliphatic heterocycles. The van der Waals surface area contributed by atoms with Gasteiger partial charge in [0.2, 0.25) is 0 Å². The molecule has 3 heterocycles. The van der Waals surface area contributed by atoms with Crippen LogP contribution in [-0.4, -0.2) is 67.3 Å². The van der Waals surface area contributed by atoms with Gasteiger partial charge < -0.3 is 10.5 Å². The van der Waals surface area contributed by atoms with Gasteiger partial charge in [-0.25, -0.2) is 0 Å². The fourth-order valence-corrected chi connectivity index (χ4v) is 3.83. The number of fused-ring (bicyclic) bond motifs is 1. The average molecular weight is 239 g/mol. The first-order valence-corrected chi connectivity index (χ1v) is 7.18. The minimum Gasteiger partial charge on any atom is -0.374 e. The second-order valence-corrected chi connectivity index (χ2v) is 5.68. The maximum Gasteiger partial charge on any atom is 0.0824 e. The van der Waals surface area contributed by atoms with Gasteiger partial charge in [-0.2, -0.15) is 0 Å². The topological polar surface area (TPSA) is 41.7 Å². The van der Waals surface area contributed by atoms with Gasteiger partial charge in [-0.05, 0) is 25.8 Å². The molecule has 3 saturated heterocycles. The minimum atomic E-state index is 0.265. The van der Waals surface area contributed by atoms with Crippen molar-refractivity contribution in [1.82, 2.24) is 9.80 Å². The van der Waals surface area contributed by atoms with E-state index in [0.717, 1.165) is 31.8 Å². The number of morpholine rings is 1. The lowest BCUT2D eigenvalue weighted by Gasteiger charge is -2.41. The summed E-state index contributed by atoms with van der Waals surface area (Å²) in [4.78, 5) is 5.36. The van der Waals surface area contributed by atoms with E-state index in [2.05, 4.69) is 9.80 Å². The van der Waals surface area contributed by atoms with Crippen molar-refractivity contribution in [3.05, 3.63) is 0 Å². The number of ether oxygens (including phenoxy) is 1. The summed E-state index contributed by atoms with van der Waals surface area (Å²) in [6.45, 7) is 6.31. The Morgan fingerprint density at radius 1 is 1.00 bits per heavy atom. The number of nitrogens with zero attached hydrogens (tertiary/aromatic N) is 2. The Bertz CT molecular complexity index is 261. The predicted octanol–water partition coefficient (Wildman–Crippen LogP) is 0.273. The monoisotopic (exact) mass is 239 g/mol. The van der Waals surface area contributed by atoms with Crippen LogP contribution in [0, 0.1) is 0 Å². The van der Waals surface area contributed by atoms with E-state index in [1.807, 2.05) is 0 Å². The molecule has 0 aromatic heterocycles. The molecule has 3 fully saturated rings. The Morgan fingerprint density at radius 3 is 2.76 bits per heavy atom. The Hall–Kier alpha value is -0.160. The summed E-state index contributed by atoms with van der Waals surface area (Å²) < 4.78 is 5.67. The molecule has 0 bridgehead atoms. The Labute approximate surface area is 104 Å². The summed E-state index contributed by atoms with van der Waals surface area (Å²) in [5.41, 5.74) is 5.73. The highest BCUT2D eigenvalue weighted by molar-refractivity contribution is 4.96. The molecule has 3 aliphatic rings. The number of hydrogen-bond donors (Lipinski definition) is 1. The maximum atomic E-state index is 5.73. The molecule has 4 heteroatoms. The molecular formula is C13H25N3O. The molecule has 0 radical (unpaired) electrons. The van der Waals surface area contributed by atoms with Crippen LogP contribution in [0.2, 0.25) is 0 Å². The third-order valence-electron chi connectivity index (χ3n) is 4.72. The van der Waals surface area contributed by atoms with Crippen molar-refractivity contribution in [1.29, 1.82) is 0 Å². The quantitative estimate of drug-likeness (QED) is 0.751. The first-order valence-electron chi connectivity index (χ1n) is 7.18. The third-order valence-corrected chi connectivity index (χ3v) is 4.72. The average Bonchev–Trinajstić information content (AvgIpc) is 2.82. The summed E-state index contributed by atoms with van der Waals surface area (Å²) in [7, 11) is 0. The highest BCUT2D eigenvalue weighted by atomic mass is 16.5. The van der Waals surface area contributed by atoms with E-state index >= 15 is 0 Å². The van der Waals surface area contributed by atoms with Crippen molar-refractivity contribution in [2.75, 3.05) is 39.3 Å². The molecule has 3 atom stereocenters.